The third kappa shape index (κ3) is 6.12. The van der Waals surface area contributed by atoms with Crippen LogP contribution in [-0.4, -0.2) is 51.4 Å². The molecule has 1 amide bonds. The molecule has 0 saturated heterocycles. The van der Waals surface area contributed by atoms with Crippen LogP contribution in [0, 0.1) is 0 Å². The Labute approximate surface area is 190 Å². The summed E-state index contributed by atoms with van der Waals surface area (Å²) in [6, 6.07) is 12.0. The molecule has 2 rings (SSSR count). The molecule has 0 aliphatic rings. The van der Waals surface area contributed by atoms with Crippen LogP contribution in [0.3, 0.4) is 0 Å². The van der Waals surface area contributed by atoms with E-state index >= 15 is 0 Å². The van der Waals surface area contributed by atoms with Gasteiger partial charge >= 0.3 is 0 Å². The molecule has 2 aromatic rings. The largest absolute Gasteiger partial charge is 0.374 e. The van der Waals surface area contributed by atoms with Crippen molar-refractivity contribution in [3.63, 3.8) is 0 Å². The first-order valence-corrected chi connectivity index (χ1v) is 12.3. The van der Waals surface area contributed by atoms with Gasteiger partial charge in [-0.15, -0.1) is 0 Å². The second kappa shape index (κ2) is 11.4. The molecule has 170 valence electrons. The minimum absolute atomic E-state index is 0.0335. The topological polar surface area (TPSA) is 81.8 Å². The van der Waals surface area contributed by atoms with Crippen LogP contribution in [0.15, 0.2) is 47.4 Å². The molecule has 0 atom stereocenters. The fourth-order valence-corrected chi connectivity index (χ4v) is 4.97. The van der Waals surface area contributed by atoms with Gasteiger partial charge in [0.1, 0.15) is 0 Å². The van der Waals surface area contributed by atoms with Gasteiger partial charge in [-0.1, -0.05) is 37.6 Å². The molecular formula is C22H31ClN4O3S. The molecular weight excluding hydrogens is 436 g/mol. The maximum absolute atomic E-state index is 13.0. The number of carbonyl (C=O) groups excluding carboxylic acids is 1. The predicted octanol–water partition coefficient (Wildman–Crippen LogP) is 4.27. The molecule has 0 unspecified atom stereocenters. The molecule has 7 nitrogen and oxygen atoms in total. The summed E-state index contributed by atoms with van der Waals surface area (Å²) in [4.78, 5) is 14.8. The van der Waals surface area contributed by atoms with Crippen molar-refractivity contribution >= 4 is 44.6 Å². The first-order valence-electron chi connectivity index (χ1n) is 10.5. The minimum Gasteiger partial charge on any atom is -0.374 e. The Morgan fingerprint density at radius 2 is 1.58 bits per heavy atom. The van der Waals surface area contributed by atoms with Gasteiger partial charge in [-0.05, 0) is 44.2 Å². The lowest BCUT2D eigenvalue weighted by Gasteiger charge is -2.26. The molecule has 9 heteroatoms. The summed E-state index contributed by atoms with van der Waals surface area (Å²) in [7, 11) is -3.62. The zero-order valence-corrected chi connectivity index (χ0v) is 20.1. The van der Waals surface area contributed by atoms with E-state index in [0.29, 0.717) is 29.5 Å². The number of nitrogens with zero attached hydrogens (tertiary/aromatic N) is 2. The molecule has 2 aromatic carbocycles. The van der Waals surface area contributed by atoms with E-state index in [2.05, 4.69) is 15.5 Å². The number of anilines is 3. The fourth-order valence-electron chi connectivity index (χ4n) is 3.30. The lowest BCUT2D eigenvalue weighted by Crippen LogP contribution is -2.31. The van der Waals surface area contributed by atoms with Crippen LogP contribution in [0.5, 0.6) is 0 Å². The average molecular weight is 467 g/mol. The number of amides is 1. The Hall–Kier alpha value is -2.29. The van der Waals surface area contributed by atoms with Gasteiger partial charge in [-0.3, -0.25) is 4.79 Å². The number of para-hydroxylation sites is 1. The van der Waals surface area contributed by atoms with E-state index < -0.39 is 10.0 Å². The van der Waals surface area contributed by atoms with Crippen LogP contribution >= 0.6 is 11.6 Å². The molecule has 0 radical (unpaired) electrons. The number of hydrogen-bond acceptors (Lipinski definition) is 5. The SMILES string of the molecule is CCN(CC)c1ccc(S(=O)(=O)N(CC)CC)cc1NCC(=O)Nc1ccccc1Cl. The van der Waals surface area contributed by atoms with E-state index in [1.807, 2.05) is 27.7 Å². The van der Waals surface area contributed by atoms with Crippen LogP contribution in [0.2, 0.25) is 5.02 Å². The number of halogens is 1. The monoisotopic (exact) mass is 466 g/mol. The van der Waals surface area contributed by atoms with Crippen molar-refractivity contribution in [3.05, 3.63) is 47.5 Å². The zero-order valence-electron chi connectivity index (χ0n) is 18.5. The lowest BCUT2D eigenvalue weighted by atomic mass is 10.2. The van der Waals surface area contributed by atoms with Crippen LogP contribution < -0.4 is 15.5 Å². The van der Waals surface area contributed by atoms with E-state index in [0.717, 1.165) is 18.8 Å². The molecule has 0 aliphatic carbocycles. The van der Waals surface area contributed by atoms with Crippen LogP contribution in [-0.2, 0) is 14.8 Å². The van der Waals surface area contributed by atoms with Gasteiger partial charge in [0, 0.05) is 26.2 Å². The Balaban J connectivity index is 2.31. The zero-order chi connectivity index (χ0) is 23.0. The average Bonchev–Trinajstić information content (AvgIpc) is 2.76. The van der Waals surface area contributed by atoms with Gasteiger partial charge < -0.3 is 15.5 Å². The summed E-state index contributed by atoms with van der Waals surface area (Å²) in [6.07, 6.45) is 0. The third-order valence-electron chi connectivity index (χ3n) is 5.00. The highest BCUT2D eigenvalue weighted by Gasteiger charge is 2.23. The van der Waals surface area contributed by atoms with E-state index in [1.165, 1.54) is 4.31 Å². The highest BCUT2D eigenvalue weighted by atomic mass is 35.5. The van der Waals surface area contributed by atoms with Crippen molar-refractivity contribution in [2.75, 3.05) is 48.3 Å². The summed E-state index contributed by atoms with van der Waals surface area (Å²) < 4.78 is 27.4. The molecule has 31 heavy (non-hydrogen) atoms. The number of rotatable bonds is 11. The summed E-state index contributed by atoms with van der Waals surface area (Å²) in [5.74, 6) is -0.282. The second-order valence-electron chi connectivity index (χ2n) is 6.82. The molecule has 0 spiro atoms. The highest BCUT2D eigenvalue weighted by molar-refractivity contribution is 7.89. The van der Waals surface area contributed by atoms with Crippen molar-refractivity contribution in [1.29, 1.82) is 0 Å². The maximum Gasteiger partial charge on any atom is 0.243 e. The van der Waals surface area contributed by atoms with Crippen molar-refractivity contribution < 1.29 is 13.2 Å². The number of carbonyl (C=O) groups is 1. The molecule has 0 heterocycles. The van der Waals surface area contributed by atoms with Gasteiger partial charge in [-0.25, -0.2) is 8.42 Å². The Kier molecular flexibility index (Phi) is 9.15. The van der Waals surface area contributed by atoms with Crippen LogP contribution in [0.1, 0.15) is 27.7 Å². The Bertz CT molecular complexity index is 990. The third-order valence-corrected chi connectivity index (χ3v) is 7.38. The van der Waals surface area contributed by atoms with Gasteiger partial charge in [-0.2, -0.15) is 4.31 Å². The lowest BCUT2D eigenvalue weighted by molar-refractivity contribution is -0.114. The summed E-state index contributed by atoms with van der Waals surface area (Å²) in [6.45, 7) is 9.91. The quantitative estimate of drug-likeness (QED) is 0.517. The summed E-state index contributed by atoms with van der Waals surface area (Å²) in [5, 5.41) is 6.33. The molecule has 0 saturated carbocycles. The fraction of sp³-hybridized carbons (Fsp3) is 0.409. The molecule has 0 aromatic heterocycles. The standard InChI is InChI=1S/C22H31ClN4O3S/c1-5-26(6-2)21-14-13-17(31(29,30)27(7-3)8-4)15-20(21)24-16-22(28)25-19-12-10-9-11-18(19)23/h9-15,24H,5-8,16H2,1-4H3,(H,25,28). The van der Waals surface area contributed by atoms with E-state index in [1.54, 1.807) is 42.5 Å². The number of hydrogen-bond donors (Lipinski definition) is 2. The maximum atomic E-state index is 13.0. The van der Waals surface area contributed by atoms with Crippen molar-refractivity contribution in [2.24, 2.45) is 0 Å². The van der Waals surface area contributed by atoms with Gasteiger partial charge in [0.2, 0.25) is 15.9 Å². The van der Waals surface area contributed by atoms with E-state index in [-0.39, 0.29) is 17.3 Å². The van der Waals surface area contributed by atoms with Crippen LogP contribution in [0.4, 0.5) is 17.1 Å². The number of benzene rings is 2. The van der Waals surface area contributed by atoms with E-state index in [4.69, 9.17) is 11.6 Å². The Morgan fingerprint density at radius 3 is 2.16 bits per heavy atom. The highest BCUT2D eigenvalue weighted by Crippen LogP contribution is 2.30. The molecule has 0 bridgehead atoms. The molecule has 0 fully saturated rings. The number of nitrogens with one attached hydrogen (secondary N) is 2. The van der Waals surface area contributed by atoms with Gasteiger partial charge in [0.05, 0.1) is 33.5 Å². The summed E-state index contributed by atoms with van der Waals surface area (Å²) >= 11 is 6.10. The Morgan fingerprint density at radius 1 is 0.935 bits per heavy atom. The smallest absolute Gasteiger partial charge is 0.243 e. The number of sulfonamides is 1. The molecule has 0 aliphatic heterocycles. The van der Waals surface area contributed by atoms with Gasteiger partial charge in [0.25, 0.3) is 0 Å². The summed E-state index contributed by atoms with van der Waals surface area (Å²) in [5.41, 5.74) is 1.96. The first-order chi connectivity index (χ1) is 14.8. The predicted molar refractivity (Wildman–Crippen MR) is 129 cm³/mol. The molecule has 2 N–H and O–H groups in total. The van der Waals surface area contributed by atoms with E-state index in [9.17, 15) is 13.2 Å². The van der Waals surface area contributed by atoms with Crippen molar-refractivity contribution in [3.8, 4) is 0 Å². The first kappa shape index (κ1) is 25.0. The van der Waals surface area contributed by atoms with Gasteiger partial charge in [0.15, 0.2) is 0 Å². The second-order valence-corrected chi connectivity index (χ2v) is 9.17. The van der Waals surface area contributed by atoms with Crippen LogP contribution in [0.25, 0.3) is 0 Å². The normalized spacial score (nSPS) is 11.4. The minimum atomic E-state index is -3.62. The van der Waals surface area contributed by atoms with Crippen molar-refractivity contribution in [2.45, 2.75) is 32.6 Å². The van der Waals surface area contributed by atoms with Crippen molar-refractivity contribution in [1.82, 2.24) is 4.31 Å².